The highest BCUT2D eigenvalue weighted by Gasteiger charge is 2.09. The maximum absolute atomic E-state index is 5.88. The van der Waals surface area contributed by atoms with Crippen molar-refractivity contribution in [3.8, 4) is 11.5 Å². The Hall–Kier alpha value is -1.87. The summed E-state index contributed by atoms with van der Waals surface area (Å²) in [6.45, 7) is 4.07. The minimum absolute atomic E-state index is 0.250. The number of nitrogens with one attached hydrogen (secondary N) is 1. The molecule has 3 nitrogen and oxygen atoms in total. The van der Waals surface area contributed by atoms with Crippen LogP contribution >= 0.6 is 0 Å². The molecule has 0 spiro atoms. The van der Waals surface area contributed by atoms with Crippen molar-refractivity contribution in [2.75, 3.05) is 7.05 Å². The molecule has 2 rings (SSSR count). The van der Waals surface area contributed by atoms with Gasteiger partial charge in [-0.15, -0.1) is 0 Å². The Morgan fingerprint density at radius 2 is 1.94 bits per heavy atom. The maximum Gasteiger partial charge on any atom is 0.145 e. The number of para-hydroxylation sites is 1. The zero-order valence-electron chi connectivity index (χ0n) is 11.0. The van der Waals surface area contributed by atoms with Crippen LogP contribution in [0.3, 0.4) is 0 Å². The largest absolute Gasteiger partial charge is 0.455 e. The van der Waals surface area contributed by atoms with Gasteiger partial charge in [0, 0.05) is 17.3 Å². The molecule has 0 amide bonds. The molecule has 2 aromatic rings. The second-order valence-corrected chi connectivity index (χ2v) is 4.29. The van der Waals surface area contributed by atoms with E-state index in [1.807, 2.05) is 44.3 Å². The molecule has 1 atom stereocenters. The summed E-state index contributed by atoms with van der Waals surface area (Å²) in [6.07, 6.45) is 1.75. The van der Waals surface area contributed by atoms with Crippen molar-refractivity contribution in [3.05, 3.63) is 53.9 Å². The van der Waals surface area contributed by atoms with E-state index in [-0.39, 0.29) is 6.04 Å². The highest BCUT2D eigenvalue weighted by Crippen LogP contribution is 2.28. The van der Waals surface area contributed by atoms with Crippen molar-refractivity contribution < 1.29 is 4.74 Å². The molecule has 0 aliphatic heterocycles. The van der Waals surface area contributed by atoms with Crippen molar-refractivity contribution in [1.29, 1.82) is 0 Å². The predicted molar refractivity (Wildman–Crippen MR) is 73.0 cm³/mol. The molecular weight excluding hydrogens is 224 g/mol. The fraction of sp³-hybridized carbons (Fsp3) is 0.267. The van der Waals surface area contributed by atoms with Crippen molar-refractivity contribution >= 4 is 0 Å². The highest BCUT2D eigenvalue weighted by molar-refractivity contribution is 5.39. The van der Waals surface area contributed by atoms with Crippen LogP contribution in [-0.2, 0) is 0 Å². The summed E-state index contributed by atoms with van der Waals surface area (Å²) in [6, 6.07) is 12.2. The molecule has 0 radical (unpaired) electrons. The van der Waals surface area contributed by atoms with Gasteiger partial charge in [0.15, 0.2) is 0 Å². The second-order valence-electron chi connectivity index (χ2n) is 4.29. The van der Waals surface area contributed by atoms with Gasteiger partial charge in [0.1, 0.15) is 11.5 Å². The fourth-order valence-corrected chi connectivity index (χ4v) is 1.73. The van der Waals surface area contributed by atoms with E-state index in [0.29, 0.717) is 0 Å². The molecule has 1 aromatic carbocycles. The monoisotopic (exact) mass is 242 g/mol. The molecule has 1 unspecified atom stereocenters. The number of benzene rings is 1. The number of hydrogen-bond acceptors (Lipinski definition) is 3. The average molecular weight is 242 g/mol. The lowest BCUT2D eigenvalue weighted by molar-refractivity contribution is 0.464. The van der Waals surface area contributed by atoms with E-state index in [0.717, 1.165) is 22.8 Å². The molecule has 1 N–H and O–H groups in total. The third-order valence-corrected chi connectivity index (χ3v) is 2.93. The van der Waals surface area contributed by atoms with E-state index in [1.54, 1.807) is 6.20 Å². The van der Waals surface area contributed by atoms with Gasteiger partial charge in [0.25, 0.3) is 0 Å². The standard InChI is InChI=1S/C15H18N2O/c1-11-8-9-13(10-17-11)18-15-7-5-4-6-14(15)12(2)16-3/h4-10,12,16H,1-3H3. The first-order chi connectivity index (χ1) is 8.70. The van der Waals surface area contributed by atoms with E-state index in [1.165, 1.54) is 0 Å². The Labute approximate surface area is 108 Å². The Kier molecular flexibility index (Phi) is 3.95. The van der Waals surface area contributed by atoms with E-state index in [4.69, 9.17) is 4.74 Å². The van der Waals surface area contributed by atoms with Crippen LogP contribution in [0.4, 0.5) is 0 Å². The van der Waals surface area contributed by atoms with Gasteiger partial charge in [-0.05, 0) is 39.1 Å². The fourth-order valence-electron chi connectivity index (χ4n) is 1.73. The molecule has 0 saturated carbocycles. The Morgan fingerprint density at radius 3 is 2.61 bits per heavy atom. The lowest BCUT2D eigenvalue weighted by Gasteiger charge is -2.16. The van der Waals surface area contributed by atoms with Crippen LogP contribution in [0.2, 0.25) is 0 Å². The zero-order chi connectivity index (χ0) is 13.0. The first kappa shape index (κ1) is 12.6. The smallest absolute Gasteiger partial charge is 0.145 e. The lowest BCUT2D eigenvalue weighted by atomic mass is 10.1. The second kappa shape index (κ2) is 5.65. The summed E-state index contributed by atoms with van der Waals surface area (Å²) in [5.41, 5.74) is 2.12. The summed E-state index contributed by atoms with van der Waals surface area (Å²) in [4.78, 5) is 4.23. The number of aromatic nitrogens is 1. The van der Waals surface area contributed by atoms with Crippen LogP contribution in [0.25, 0.3) is 0 Å². The number of ether oxygens (including phenoxy) is 1. The van der Waals surface area contributed by atoms with Crippen molar-refractivity contribution in [2.24, 2.45) is 0 Å². The van der Waals surface area contributed by atoms with Crippen molar-refractivity contribution in [3.63, 3.8) is 0 Å². The quantitative estimate of drug-likeness (QED) is 0.891. The minimum Gasteiger partial charge on any atom is -0.455 e. The van der Waals surface area contributed by atoms with Gasteiger partial charge >= 0.3 is 0 Å². The number of nitrogens with zero attached hydrogens (tertiary/aromatic N) is 1. The molecule has 0 bridgehead atoms. The third-order valence-electron chi connectivity index (χ3n) is 2.93. The van der Waals surface area contributed by atoms with Gasteiger partial charge in [0.2, 0.25) is 0 Å². The van der Waals surface area contributed by atoms with Gasteiger partial charge in [0.05, 0.1) is 6.20 Å². The van der Waals surface area contributed by atoms with Crippen molar-refractivity contribution in [1.82, 2.24) is 10.3 Å². The van der Waals surface area contributed by atoms with E-state index in [2.05, 4.69) is 23.3 Å². The molecule has 1 aromatic heterocycles. The van der Waals surface area contributed by atoms with Gasteiger partial charge in [-0.3, -0.25) is 4.98 Å². The molecule has 18 heavy (non-hydrogen) atoms. The SMILES string of the molecule is CNC(C)c1ccccc1Oc1ccc(C)nc1. The molecule has 1 heterocycles. The van der Waals surface area contributed by atoms with Gasteiger partial charge < -0.3 is 10.1 Å². The molecule has 0 aliphatic rings. The van der Waals surface area contributed by atoms with Crippen LogP contribution in [0.5, 0.6) is 11.5 Å². The Balaban J connectivity index is 2.26. The summed E-state index contributed by atoms with van der Waals surface area (Å²) in [5.74, 6) is 1.63. The van der Waals surface area contributed by atoms with Crippen LogP contribution in [0, 0.1) is 6.92 Å². The topological polar surface area (TPSA) is 34.1 Å². The van der Waals surface area contributed by atoms with E-state index < -0.39 is 0 Å². The molecule has 3 heteroatoms. The van der Waals surface area contributed by atoms with Crippen LogP contribution < -0.4 is 10.1 Å². The summed E-state index contributed by atoms with van der Waals surface area (Å²) >= 11 is 0. The molecular formula is C15H18N2O. The first-order valence-corrected chi connectivity index (χ1v) is 6.07. The van der Waals surface area contributed by atoms with E-state index >= 15 is 0 Å². The Bertz CT molecular complexity index is 508. The number of aryl methyl sites for hydroxylation is 1. The van der Waals surface area contributed by atoms with E-state index in [9.17, 15) is 0 Å². The number of pyridine rings is 1. The molecule has 0 aliphatic carbocycles. The average Bonchev–Trinajstić information content (AvgIpc) is 2.41. The highest BCUT2D eigenvalue weighted by atomic mass is 16.5. The Morgan fingerprint density at radius 1 is 1.17 bits per heavy atom. The van der Waals surface area contributed by atoms with Crippen LogP contribution in [-0.4, -0.2) is 12.0 Å². The van der Waals surface area contributed by atoms with Gasteiger partial charge in [-0.1, -0.05) is 18.2 Å². The minimum atomic E-state index is 0.250. The van der Waals surface area contributed by atoms with Crippen LogP contribution in [0.1, 0.15) is 24.2 Å². The number of hydrogen-bond donors (Lipinski definition) is 1. The zero-order valence-corrected chi connectivity index (χ0v) is 11.0. The summed E-state index contributed by atoms with van der Waals surface area (Å²) in [5, 5.41) is 3.22. The predicted octanol–water partition coefficient (Wildman–Crippen LogP) is 3.46. The first-order valence-electron chi connectivity index (χ1n) is 6.07. The molecule has 0 fully saturated rings. The lowest BCUT2D eigenvalue weighted by Crippen LogP contribution is -2.13. The molecule has 0 saturated heterocycles. The molecule has 94 valence electrons. The van der Waals surface area contributed by atoms with Crippen molar-refractivity contribution in [2.45, 2.75) is 19.9 Å². The third kappa shape index (κ3) is 2.87. The van der Waals surface area contributed by atoms with Crippen LogP contribution in [0.15, 0.2) is 42.6 Å². The van der Waals surface area contributed by atoms with Gasteiger partial charge in [-0.25, -0.2) is 0 Å². The normalized spacial score (nSPS) is 12.2. The maximum atomic E-state index is 5.88. The summed E-state index contributed by atoms with van der Waals surface area (Å²) < 4.78 is 5.88. The number of rotatable bonds is 4. The summed E-state index contributed by atoms with van der Waals surface area (Å²) in [7, 11) is 1.94. The van der Waals surface area contributed by atoms with Gasteiger partial charge in [-0.2, -0.15) is 0 Å².